The molecule has 0 aromatic heterocycles. The van der Waals surface area contributed by atoms with Gasteiger partial charge in [-0.25, -0.2) is 10.2 Å². The number of rotatable bonds is 9. The minimum atomic E-state index is -0.455. The number of hydrazone groups is 1. The first-order valence-electron chi connectivity index (χ1n) is 8.36. The van der Waals surface area contributed by atoms with E-state index < -0.39 is 5.97 Å². The first kappa shape index (κ1) is 20.5. The standard InChI is InChI=1S/C20H22N2O4S/c1-15(27-14-16-7-4-3-5-8-16)20(24)22-21-12-17-9-6-10-18(11-17)26-13-19(23)25-2/h3-12,15H,13-14H2,1-2H3,(H,22,24)/b21-12-/t15-/m1/s1. The fourth-order valence-electron chi connectivity index (χ4n) is 2.02. The Bertz CT molecular complexity index is 781. The van der Waals surface area contributed by atoms with Crippen molar-refractivity contribution >= 4 is 29.9 Å². The number of hydrogen-bond donors (Lipinski definition) is 1. The van der Waals surface area contributed by atoms with Crippen LogP contribution in [0.2, 0.25) is 0 Å². The molecule has 0 unspecified atom stereocenters. The van der Waals surface area contributed by atoms with Gasteiger partial charge in [-0.15, -0.1) is 11.8 Å². The average Bonchev–Trinajstić information content (AvgIpc) is 2.71. The Labute approximate surface area is 162 Å². The second-order valence-corrected chi connectivity index (χ2v) is 6.94. The number of ether oxygens (including phenoxy) is 2. The smallest absolute Gasteiger partial charge is 0.343 e. The Morgan fingerprint density at radius 1 is 1.19 bits per heavy atom. The summed E-state index contributed by atoms with van der Waals surface area (Å²) in [7, 11) is 1.30. The number of methoxy groups -OCH3 is 1. The molecule has 0 saturated carbocycles. The van der Waals surface area contributed by atoms with Crippen molar-refractivity contribution in [2.24, 2.45) is 5.10 Å². The van der Waals surface area contributed by atoms with Crippen molar-refractivity contribution in [3.63, 3.8) is 0 Å². The molecule has 1 amide bonds. The number of thioether (sulfide) groups is 1. The van der Waals surface area contributed by atoms with Crippen LogP contribution >= 0.6 is 11.8 Å². The summed E-state index contributed by atoms with van der Waals surface area (Å²) in [6.45, 7) is 1.68. The molecular formula is C20H22N2O4S. The number of nitrogens with zero attached hydrogens (tertiary/aromatic N) is 1. The van der Waals surface area contributed by atoms with E-state index in [0.717, 1.165) is 11.3 Å². The normalized spacial score (nSPS) is 11.8. The molecule has 0 aliphatic heterocycles. The molecule has 2 rings (SSSR count). The molecule has 0 radical (unpaired) electrons. The topological polar surface area (TPSA) is 77.0 Å². The van der Waals surface area contributed by atoms with Gasteiger partial charge in [0.25, 0.3) is 5.91 Å². The largest absolute Gasteiger partial charge is 0.482 e. The van der Waals surface area contributed by atoms with E-state index in [1.807, 2.05) is 43.3 Å². The van der Waals surface area contributed by atoms with Crippen molar-refractivity contribution in [3.05, 3.63) is 65.7 Å². The zero-order valence-corrected chi connectivity index (χ0v) is 16.1. The van der Waals surface area contributed by atoms with E-state index >= 15 is 0 Å². The lowest BCUT2D eigenvalue weighted by molar-refractivity contribution is -0.142. The van der Waals surface area contributed by atoms with Crippen LogP contribution in [0.4, 0.5) is 0 Å². The number of carbonyl (C=O) groups is 2. The maximum Gasteiger partial charge on any atom is 0.343 e. The number of carbonyl (C=O) groups excluding carboxylic acids is 2. The SMILES string of the molecule is COC(=O)COc1cccc(/C=N\NC(=O)[C@@H](C)SCc2ccccc2)c1. The van der Waals surface area contributed by atoms with Gasteiger partial charge in [0.2, 0.25) is 0 Å². The zero-order valence-electron chi connectivity index (χ0n) is 15.3. The number of benzene rings is 2. The highest BCUT2D eigenvalue weighted by molar-refractivity contribution is 7.99. The Kier molecular flexibility index (Phi) is 8.38. The average molecular weight is 386 g/mol. The van der Waals surface area contributed by atoms with Crippen LogP contribution in [0.1, 0.15) is 18.1 Å². The second kappa shape index (κ2) is 11.0. The van der Waals surface area contributed by atoms with Crippen molar-refractivity contribution in [1.29, 1.82) is 0 Å². The predicted molar refractivity (Wildman–Crippen MR) is 107 cm³/mol. The van der Waals surface area contributed by atoms with Crippen molar-refractivity contribution in [2.75, 3.05) is 13.7 Å². The molecule has 0 aliphatic carbocycles. The highest BCUT2D eigenvalue weighted by Crippen LogP contribution is 2.17. The molecule has 142 valence electrons. The van der Waals surface area contributed by atoms with E-state index in [0.29, 0.717) is 5.75 Å². The van der Waals surface area contributed by atoms with Crippen LogP contribution in [0.5, 0.6) is 5.75 Å². The lowest BCUT2D eigenvalue weighted by Crippen LogP contribution is -2.27. The Morgan fingerprint density at radius 3 is 2.70 bits per heavy atom. The summed E-state index contributed by atoms with van der Waals surface area (Å²) < 4.78 is 9.84. The van der Waals surface area contributed by atoms with E-state index in [4.69, 9.17) is 4.74 Å². The van der Waals surface area contributed by atoms with Crippen LogP contribution in [-0.2, 0) is 20.1 Å². The number of amides is 1. The van der Waals surface area contributed by atoms with Crippen LogP contribution in [0.15, 0.2) is 59.7 Å². The summed E-state index contributed by atoms with van der Waals surface area (Å²) in [6, 6.07) is 17.0. The maximum absolute atomic E-state index is 12.1. The zero-order chi connectivity index (χ0) is 19.5. The molecule has 0 spiro atoms. The molecule has 0 bridgehead atoms. The van der Waals surface area contributed by atoms with Crippen LogP contribution in [0.3, 0.4) is 0 Å². The number of hydrogen-bond acceptors (Lipinski definition) is 6. The first-order valence-corrected chi connectivity index (χ1v) is 9.41. The molecule has 0 aliphatic rings. The van der Waals surface area contributed by atoms with Gasteiger partial charge in [0.05, 0.1) is 18.6 Å². The van der Waals surface area contributed by atoms with Gasteiger partial charge in [-0.1, -0.05) is 42.5 Å². The number of nitrogens with one attached hydrogen (secondary N) is 1. The van der Waals surface area contributed by atoms with E-state index in [9.17, 15) is 9.59 Å². The van der Waals surface area contributed by atoms with Gasteiger partial charge in [-0.05, 0) is 30.2 Å². The highest BCUT2D eigenvalue weighted by atomic mass is 32.2. The van der Waals surface area contributed by atoms with Gasteiger partial charge in [-0.3, -0.25) is 4.79 Å². The molecular weight excluding hydrogens is 364 g/mol. The molecule has 1 atom stereocenters. The fraction of sp³-hybridized carbons (Fsp3) is 0.250. The third kappa shape index (κ3) is 7.53. The quantitative estimate of drug-likeness (QED) is 0.407. The summed E-state index contributed by atoms with van der Waals surface area (Å²) >= 11 is 1.55. The molecule has 6 nitrogen and oxygen atoms in total. The van der Waals surface area contributed by atoms with Gasteiger partial charge in [0.15, 0.2) is 6.61 Å². The highest BCUT2D eigenvalue weighted by Gasteiger charge is 2.12. The molecule has 0 fully saturated rings. The number of esters is 1. The second-order valence-electron chi connectivity index (χ2n) is 5.61. The van der Waals surface area contributed by atoms with Crippen LogP contribution in [-0.4, -0.2) is 37.1 Å². The van der Waals surface area contributed by atoms with Crippen molar-refractivity contribution in [1.82, 2.24) is 5.43 Å². The Hall–Kier alpha value is -2.80. The Morgan fingerprint density at radius 2 is 1.96 bits per heavy atom. The molecule has 2 aromatic rings. The van der Waals surface area contributed by atoms with Gasteiger partial charge < -0.3 is 9.47 Å². The van der Waals surface area contributed by atoms with Gasteiger partial charge >= 0.3 is 5.97 Å². The molecule has 27 heavy (non-hydrogen) atoms. The van der Waals surface area contributed by atoms with Crippen molar-refractivity contribution < 1.29 is 19.1 Å². The Balaban J connectivity index is 1.80. The third-order valence-corrected chi connectivity index (χ3v) is 4.76. The van der Waals surface area contributed by atoms with Gasteiger partial charge in [0.1, 0.15) is 5.75 Å². The van der Waals surface area contributed by atoms with E-state index in [2.05, 4.69) is 15.3 Å². The lowest BCUT2D eigenvalue weighted by Gasteiger charge is -2.09. The minimum absolute atomic E-state index is 0.162. The minimum Gasteiger partial charge on any atom is -0.482 e. The molecule has 2 aromatic carbocycles. The molecule has 1 N–H and O–H groups in total. The van der Waals surface area contributed by atoms with E-state index in [-0.39, 0.29) is 17.8 Å². The summed E-state index contributed by atoms with van der Waals surface area (Å²) in [5, 5.41) is 3.76. The maximum atomic E-state index is 12.1. The van der Waals surface area contributed by atoms with Gasteiger partial charge in [-0.2, -0.15) is 5.10 Å². The molecule has 0 heterocycles. The van der Waals surface area contributed by atoms with Crippen LogP contribution < -0.4 is 10.2 Å². The molecule has 7 heteroatoms. The summed E-state index contributed by atoms with van der Waals surface area (Å²) in [5.41, 5.74) is 4.45. The first-order chi connectivity index (χ1) is 13.1. The van der Waals surface area contributed by atoms with Crippen LogP contribution in [0, 0.1) is 0 Å². The summed E-state index contributed by atoms with van der Waals surface area (Å²) in [6.07, 6.45) is 1.53. The van der Waals surface area contributed by atoms with Crippen LogP contribution in [0.25, 0.3) is 0 Å². The lowest BCUT2D eigenvalue weighted by atomic mass is 10.2. The third-order valence-electron chi connectivity index (χ3n) is 3.54. The fourth-order valence-corrected chi connectivity index (χ4v) is 2.86. The predicted octanol–water partition coefficient (Wildman–Crippen LogP) is 3.01. The van der Waals surface area contributed by atoms with E-state index in [1.54, 1.807) is 30.0 Å². The monoisotopic (exact) mass is 386 g/mol. The van der Waals surface area contributed by atoms with Crippen molar-refractivity contribution in [2.45, 2.75) is 17.9 Å². The van der Waals surface area contributed by atoms with Gasteiger partial charge in [0, 0.05) is 5.75 Å². The summed E-state index contributed by atoms with van der Waals surface area (Å²) in [5.74, 6) is 0.662. The summed E-state index contributed by atoms with van der Waals surface area (Å²) in [4.78, 5) is 23.2. The van der Waals surface area contributed by atoms with E-state index in [1.165, 1.54) is 18.9 Å². The molecule has 0 saturated heterocycles. The van der Waals surface area contributed by atoms with Crippen molar-refractivity contribution in [3.8, 4) is 5.75 Å².